The van der Waals surface area contributed by atoms with Gasteiger partial charge in [0.05, 0.1) is 11.0 Å². The van der Waals surface area contributed by atoms with Crippen LogP contribution in [0.5, 0.6) is 0 Å². The van der Waals surface area contributed by atoms with E-state index in [-0.39, 0.29) is 0 Å². The Morgan fingerprint density at radius 3 is 2.53 bits per heavy atom. The van der Waals surface area contributed by atoms with Crippen LogP contribution < -0.4 is 0 Å². The van der Waals surface area contributed by atoms with Gasteiger partial charge in [0.2, 0.25) is 0 Å². The zero-order valence-electron chi connectivity index (χ0n) is 8.71. The van der Waals surface area contributed by atoms with Gasteiger partial charge in [0.25, 0.3) is 0 Å². The minimum Gasteiger partial charge on any atom is -0.254 e. The Kier molecular flexibility index (Phi) is 2.42. The van der Waals surface area contributed by atoms with Gasteiger partial charge in [-0.25, -0.2) is 15.0 Å². The Hall–Kier alpha value is -2.07. The van der Waals surface area contributed by atoms with Crippen molar-refractivity contribution in [1.82, 2.24) is 19.9 Å². The number of nitrogens with zero attached hydrogens (tertiary/aromatic N) is 4. The molecule has 0 bridgehead atoms. The second-order valence-corrected chi connectivity index (χ2v) is 3.91. The highest BCUT2D eigenvalue weighted by Gasteiger charge is 2.02. The summed E-state index contributed by atoms with van der Waals surface area (Å²) >= 11 is 5.85. The van der Waals surface area contributed by atoms with Crippen molar-refractivity contribution < 1.29 is 0 Å². The van der Waals surface area contributed by atoms with Gasteiger partial charge >= 0.3 is 0 Å². The molecule has 0 amide bonds. The molecule has 3 aromatic rings. The first kappa shape index (κ1) is 10.1. The van der Waals surface area contributed by atoms with Crippen LogP contribution in [0.3, 0.4) is 0 Å². The fourth-order valence-electron chi connectivity index (χ4n) is 1.59. The third-order valence-corrected chi connectivity index (χ3v) is 2.61. The predicted molar refractivity (Wildman–Crippen MR) is 65.6 cm³/mol. The molecule has 3 heterocycles. The van der Waals surface area contributed by atoms with E-state index in [0.29, 0.717) is 5.15 Å². The highest BCUT2D eigenvalue weighted by Crippen LogP contribution is 2.21. The van der Waals surface area contributed by atoms with Gasteiger partial charge in [0, 0.05) is 29.7 Å². The van der Waals surface area contributed by atoms with Crippen LogP contribution in [-0.4, -0.2) is 19.9 Å². The first-order valence-corrected chi connectivity index (χ1v) is 5.38. The van der Waals surface area contributed by atoms with Crippen LogP contribution in [0.2, 0.25) is 5.15 Å². The van der Waals surface area contributed by atoms with E-state index >= 15 is 0 Å². The summed E-state index contributed by atoms with van der Waals surface area (Å²) in [5, 5.41) is 0.459. The molecule has 3 aromatic heterocycles. The topological polar surface area (TPSA) is 51.6 Å². The molecule has 0 spiro atoms. The number of pyridine rings is 2. The summed E-state index contributed by atoms with van der Waals surface area (Å²) in [6, 6.07) is 5.49. The smallest absolute Gasteiger partial charge is 0.129 e. The highest BCUT2D eigenvalue weighted by atomic mass is 35.5. The van der Waals surface area contributed by atoms with Gasteiger partial charge < -0.3 is 0 Å². The molecule has 0 aliphatic carbocycles. The maximum Gasteiger partial charge on any atom is 0.129 e. The lowest BCUT2D eigenvalue weighted by Crippen LogP contribution is -1.87. The molecule has 0 N–H and O–H groups in total. The molecule has 5 heteroatoms. The van der Waals surface area contributed by atoms with Crippen LogP contribution in [0.4, 0.5) is 0 Å². The molecule has 3 rings (SSSR count). The van der Waals surface area contributed by atoms with Crippen molar-refractivity contribution in [2.75, 3.05) is 0 Å². The highest BCUT2D eigenvalue weighted by molar-refractivity contribution is 6.29. The van der Waals surface area contributed by atoms with Crippen molar-refractivity contribution in [3.8, 4) is 11.1 Å². The van der Waals surface area contributed by atoms with E-state index in [9.17, 15) is 0 Å². The number of halogens is 1. The average Bonchev–Trinajstić information content (AvgIpc) is 2.39. The molecule has 0 fully saturated rings. The SMILES string of the molecule is Clc1ccc2ncc(-c3cncnc3)cc2n1. The van der Waals surface area contributed by atoms with E-state index in [2.05, 4.69) is 19.9 Å². The molecule has 17 heavy (non-hydrogen) atoms. The predicted octanol–water partition coefficient (Wildman–Crippen LogP) is 2.74. The fraction of sp³-hybridized carbons (Fsp3) is 0. The number of aromatic nitrogens is 4. The molecule has 0 saturated heterocycles. The first-order valence-electron chi connectivity index (χ1n) is 5.00. The first-order chi connectivity index (χ1) is 8.33. The molecule has 0 saturated carbocycles. The van der Waals surface area contributed by atoms with Crippen molar-refractivity contribution in [3.05, 3.63) is 48.3 Å². The van der Waals surface area contributed by atoms with E-state index < -0.39 is 0 Å². The van der Waals surface area contributed by atoms with Crippen molar-refractivity contribution in [1.29, 1.82) is 0 Å². The summed E-state index contributed by atoms with van der Waals surface area (Å²) in [5.41, 5.74) is 3.41. The third-order valence-electron chi connectivity index (χ3n) is 2.40. The number of hydrogen-bond acceptors (Lipinski definition) is 4. The zero-order chi connectivity index (χ0) is 11.7. The van der Waals surface area contributed by atoms with Gasteiger partial charge in [-0.3, -0.25) is 4.98 Å². The molecule has 0 atom stereocenters. The van der Waals surface area contributed by atoms with E-state index in [0.717, 1.165) is 22.2 Å². The Morgan fingerprint density at radius 1 is 0.882 bits per heavy atom. The normalized spacial score (nSPS) is 10.6. The number of fused-ring (bicyclic) bond motifs is 1. The van der Waals surface area contributed by atoms with Crippen LogP contribution in [0.25, 0.3) is 22.2 Å². The van der Waals surface area contributed by atoms with E-state index in [4.69, 9.17) is 11.6 Å². The third kappa shape index (κ3) is 1.94. The lowest BCUT2D eigenvalue weighted by atomic mass is 10.1. The monoisotopic (exact) mass is 242 g/mol. The molecule has 0 unspecified atom stereocenters. The lowest BCUT2D eigenvalue weighted by molar-refractivity contribution is 1.17. The van der Waals surface area contributed by atoms with Crippen molar-refractivity contribution >= 4 is 22.6 Å². The van der Waals surface area contributed by atoms with Gasteiger partial charge in [-0.1, -0.05) is 11.6 Å². The molecule has 0 aliphatic heterocycles. The summed E-state index contributed by atoms with van der Waals surface area (Å²) in [6.45, 7) is 0. The largest absolute Gasteiger partial charge is 0.254 e. The van der Waals surface area contributed by atoms with Crippen LogP contribution in [-0.2, 0) is 0 Å². The average molecular weight is 243 g/mol. The quantitative estimate of drug-likeness (QED) is 0.616. The molecular weight excluding hydrogens is 236 g/mol. The Bertz CT molecular complexity index is 670. The van der Waals surface area contributed by atoms with E-state index in [1.807, 2.05) is 12.1 Å². The molecule has 4 nitrogen and oxygen atoms in total. The molecule has 0 radical (unpaired) electrons. The standard InChI is InChI=1S/C12H7ClN4/c13-12-2-1-10-11(17-12)3-8(6-16-10)9-4-14-7-15-5-9/h1-7H. The second-order valence-electron chi connectivity index (χ2n) is 3.52. The zero-order valence-corrected chi connectivity index (χ0v) is 9.46. The van der Waals surface area contributed by atoms with Crippen LogP contribution in [0.1, 0.15) is 0 Å². The van der Waals surface area contributed by atoms with Crippen molar-refractivity contribution in [3.63, 3.8) is 0 Å². The van der Waals surface area contributed by atoms with Crippen LogP contribution in [0.15, 0.2) is 43.1 Å². The van der Waals surface area contributed by atoms with Gasteiger partial charge in [-0.15, -0.1) is 0 Å². The molecular formula is C12H7ClN4. The minimum absolute atomic E-state index is 0.459. The van der Waals surface area contributed by atoms with Crippen LogP contribution in [0, 0.1) is 0 Å². The number of rotatable bonds is 1. The van der Waals surface area contributed by atoms with Crippen LogP contribution >= 0.6 is 11.6 Å². The van der Waals surface area contributed by atoms with Gasteiger partial charge in [-0.05, 0) is 18.2 Å². The maximum absolute atomic E-state index is 5.85. The Morgan fingerprint density at radius 2 is 1.71 bits per heavy atom. The van der Waals surface area contributed by atoms with Gasteiger partial charge in [-0.2, -0.15) is 0 Å². The summed E-state index contributed by atoms with van der Waals surface area (Å²) in [6.07, 6.45) is 6.74. The second kappa shape index (κ2) is 4.07. The van der Waals surface area contributed by atoms with E-state index in [1.54, 1.807) is 24.7 Å². The van der Waals surface area contributed by atoms with E-state index in [1.165, 1.54) is 6.33 Å². The summed E-state index contributed by atoms with van der Waals surface area (Å²) in [7, 11) is 0. The Labute approximate surface area is 102 Å². The molecule has 82 valence electrons. The molecule has 0 aromatic carbocycles. The Balaban J connectivity index is 2.19. The summed E-state index contributed by atoms with van der Waals surface area (Å²) in [4.78, 5) is 16.5. The maximum atomic E-state index is 5.85. The molecule has 0 aliphatic rings. The van der Waals surface area contributed by atoms with Gasteiger partial charge in [0.15, 0.2) is 0 Å². The van der Waals surface area contributed by atoms with Crippen molar-refractivity contribution in [2.45, 2.75) is 0 Å². The van der Waals surface area contributed by atoms with Crippen molar-refractivity contribution in [2.24, 2.45) is 0 Å². The fourth-order valence-corrected chi connectivity index (χ4v) is 1.74. The number of hydrogen-bond donors (Lipinski definition) is 0. The lowest BCUT2D eigenvalue weighted by Gasteiger charge is -2.02. The summed E-state index contributed by atoms with van der Waals surface area (Å²) < 4.78 is 0. The van der Waals surface area contributed by atoms with Gasteiger partial charge in [0.1, 0.15) is 11.5 Å². The summed E-state index contributed by atoms with van der Waals surface area (Å²) in [5.74, 6) is 0. The minimum atomic E-state index is 0.459.